The Labute approximate surface area is 154 Å². The zero-order valence-electron chi connectivity index (χ0n) is 14.6. The highest BCUT2D eigenvalue weighted by Crippen LogP contribution is 2.38. The van der Waals surface area contributed by atoms with Crippen LogP contribution in [0, 0.1) is 13.8 Å². The highest BCUT2D eigenvalue weighted by atomic mass is 32.1. The van der Waals surface area contributed by atoms with Crippen LogP contribution in [0.25, 0.3) is 21.3 Å². The molecule has 0 unspecified atom stereocenters. The van der Waals surface area contributed by atoms with Crippen LogP contribution in [-0.4, -0.2) is 27.0 Å². The van der Waals surface area contributed by atoms with E-state index in [9.17, 15) is 0 Å². The zero-order chi connectivity index (χ0) is 18.1. The lowest BCUT2D eigenvalue weighted by atomic mass is 10.0. The third kappa shape index (κ3) is 2.86. The van der Waals surface area contributed by atoms with Crippen LogP contribution in [0.2, 0.25) is 0 Å². The summed E-state index contributed by atoms with van der Waals surface area (Å²) in [6.45, 7) is 3.92. The van der Waals surface area contributed by atoms with Gasteiger partial charge in [-0.2, -0.15) is 0 Å². The van der Waals surface area contributed by atoms with E-state index in [4.69, 9.17) is 9.47 Å². The van der Waals surface area contributed by atoms with Crippen LogP contribution in [0.1, 0.15) is 11.4 Å². The molecule has 0 aliphatic carbocycles. The number of benzene rings is 1. The maximum absolute atomic E-state index is 5.99. The van der Waals surface area contributed by atoms with Crippen molar-refractivity contribution in [3.05, 3.63) is 53.7 Å². The Bertz CT molecular complexity index is 1070. The van der Waals surface area contributed by atoms with Gasteiger partial charge >= 0.3 is 0 Å². The maximum atomic E-state index is 5.99. The fourth-order valence-corrected chi connectivity index (χ4v) is 3.64. The van der Waals surface area contributed by atoms with Gasteiger partial charge in [0.1, 0.15) is 28.9 Å². The average Bonchev–Trinajstić information content (AvgIpc) is 3.12. The first kappa shape index (κ1) is 16.4. The van der Waals surface area contributed by atoms with Gasteiger partial charge < -0.3 is 9.47 Å². The van der Waals surface area contributed by atoms with Gasteiger partial charge in [0.05, 0.1) is 12.6 Å². The molecule has 0 bridgehead atoms. The van der Waals surface area contributed by atoms with Crippen LogP contribution in [-0.2, 0) is 0 Å². The van der Waals surface area contributed by atoms with Gasteiger partial charge in [-0.15, -0.1) is 11.3 Å². The van der Waals surface area contributed by atoms with E-state index in [0.29, 0.717) is 17.4 Å². The predicted molar refractivity (Wildman–Crippen MR) is 101 cm³/mol. The van der Waals surface area contributed by atoms with Crippen molar-refractivity contribution in [2.45, 2.75) is 13.8 Å². The molecule has 0 saturated carbocycles. The number of aryl methyl sites for hydroxylation is 2. The second-order valence-electron chi connectivity index (χ2n) is 5.70. The highest BCUT2D eigenvalue weighted by molar-refractivity contribution is 7.17. The molecule has 26 heavy (non-hydrogen) atoms. The molecule has 0 amide bonds. The molecular formula is C19H16N4O2S. The van der Waals surface area contributed by atoms with Crippen molar-refractivity contribution in [1.82, 2.24) is 19.9 Å². The summed E-state index contributed by atoms with van der Waals surface area (Å²) in [6, 6.07) is 7.65. The van der Waals surface area contributed by atoms with E-state index in [1.807, 2.05) is 43.5 Å². The second kappa shape index (κ2) is 6.68. The van der Waals surface area contributed by atoms with Gasteiger partial charge in [0.15, 0.2) is 0 Å². The number of methoxy groups -OCH3 is 1. The molecule has 130 valence electrons. The summed E-state index contributed by atoms with van der Waals surface area (Å²) in [6.07, 6.45) is 3.07. The summed E-state index contributed by atoms with van der Waals surface area (Å²) in [7, 11) is 1.64. The number of rotatable bonds is 4. The molecule has 7 heteroatoms. The fourth-order valence-electron chi connectivity index (χ4n) is 2.87. The highest BCUT2D eigenvalue weighted by Gasteiger charge is 2.15. The van der Waals surface area contributed by atoms with Crippen molar-refractivity contribution in [2.75, 3.05) is 7.11 Å². The van der Waals surface area contributed by atoms with Crippen molar-refractivity contribution < 1.29 is 9.47 Å². The topological polar surface area (TPSA) is 70.0 Å². The van der Waals surface area contributed by atoms with Crippen LogP contribution in [0.4, 0.5) is 0 Å². The van der Waals surface area contributed by atoms with E-state index >= 15 is 0 Å². The van der Waals surface area contributed by atoms with E-state index in [1.165, 1.54) is 6.33 Å². The SMILES string of the molecule is COc1cc(Oc2ncnc3ccsc23)ccc1-c1c(C)ncnc1C. The number of thiophene rings is 1. The smallest absolute Gasteiger partial charge is 0.240 e. The van der Waals surface area contributed by atoms with Gasteiger partial charge in [-0.25, -0.2) is 19.9 Å². The lowest BCUT2D eigenvalue weighted by Crippen LogP contribution is -1.98. The van der Waals surface area contributed by atoms with E-state index in [0.717, 1.165) is 32.7 Å². The van der Waals surface area contributed by atoms with Crippen molar-refractivity contribution >= 4 is 21.6 Å². The van der Waals surface area contributed by atoms with Crippen LogP contribution in [0.3, 0.4) is 0 Å². The Balaban J connectivity index is 1.75. The van der Waals surface area contributed by atoms with Gasteiger partial charge in [0.25, 0.3) is 0 Å². The molecule has 0 fully saturated rings. The molecule has 4 aromatic rings. The number of ether oxygens (including phenoxy) is 2. The molecule has 3 aromatic heterocycles. The molecular weight excluding hydrogens is 348 g/mol. The summed E-state index contributed by atoms with van der Waals surface area (Å²) in [5, 5.41) is 1.97. The first-order valence-corrected chi connectivity index (χ1v) is 8.88. The lowest BCUT2D eigenvalue weighted by molar-refractivity contribution is 0.409. The first-order valence-electron chi connectivity index (χ1n) is 8.00. The van der Waals surface area contributed by atoms with E-state index in [1.54, 1.807) is 24.8 Å². The van der Waals surface area contributed by atoms with Crippen LogP contribution in [0.5, 0.6) is 17.4 Å². The minimum Gasteiger partial charge on any atom is -0.496 e. The molecule has 0 N–H and O–H groups in total. The van der Waals surface area contributed by atoms with Gasteiger partial charge in [-0.3, -0.25) is 0 Å². The Hall–Kier alpha value is -3.06. The summed E-state index contributed by atoms with van der Waals surface area (Å²) in [4.78, 5) is 17.1. The summed E-state index contributed by atoms with van der Waals surface area (Å²) in [5.74, 6) is 1.88. The number of aromatic nitrogens is 4. The zero-order valence-corrected chi connectivity index (χ0v) is 15.4. The number of nitrogens with zero attached hydrogens (tertiary/aromatic N) is 4. The van der Waals surface area contributed by atoms with Crippen LogP contribution in [0.15, 0.2) is 42.3 Å². The van der Waals surface area contributed by atoms with E-state index in [2.05, 4.69) is 19.9 Å². The second-order valence-corrected chi connectivity index (χ2v) is 6.61. The first-order chi connectivity index (χ1) is 12.7. The summed E-state index contributed by atoms with van der Waals surface area (Å²) in [5.41, 5.74) is 4.58. The minimum absolute atomic E-state index is 0.537. The third-order valence-electron chi connectivity index (χ3n) is 4.09. The third-order valence-corrected chi connectivity index (χ3v) is 4.99. The van der Waals surface area contributed by atoms with Crippen LogP contribution >= 0.6 is 11.3 Å². The molecule has 0 saturated heterocycles. The maximum Gasteiger partial charge on any atom is 0.240 e. The van der Waals surface area contributed by atoms with Crippen molar-refractivity contribution in [2.24, 2.45) is 0 Å². The van der Waals surface area contributed by atoms with Crippen LogP contribution < -0.4 is 9.47 Å². The largest absolute Gasteiger partial charge is 0.496 e. The molecule has 0 aliphatic heterocycles. The number of hydrogen-bond donors (Lipinski definition) is 0. The standard InChI is InChI=1S/C19H16N4O2S/c1-11-17(12(2)21-9-20-11)14-5-4-13(8-16(14)24-3)25-19-18-15(6-7-26-18)22-10-23-19/h4-10H,1-3H3. The molecule has 0 aliphatic rings. The monoisotopic (exact) mass is 364 g/mol. The van der Waals surface area contributed by atoms with Gasteiger partial charge in [-0.05, 0) is 37.4 Å². The summed E-state index contributed by atoms with van der Waals surface area (Å²) >= 11 is 1.55. The average molecular weight is 364 g/mol. The fraction of sp³-hybridized carbons (Fsp3) is 0.158. The van der Waals surface area contributed by atoms with Gasteiger partial charge in [-0.1, -0.05) is 0 Å². The Morgan fingerprint density at radius 3 is 2.46 bits per heavy atom. The Morgan fingerprint density at radius 1 is 0.923 bits per heavy atom. The summed E-state index contributed by atoms with van der Waals surface area (Å²) < 4.78 is 12.5. The molecule has 0 radical (unpaired) electrons. The van der Waals surface area contributed by atoms with E-state index < -0.39 is 0 Å². The predicted octanol–water partition coefficient (Wildman–Crippen LogP) is 4.57. The van der Waals surface area contributed by atoms with Crippen molar-refractivity contribution in [3.63, 3.8) is 0 Å². The molecule has 1 aromatic carbocycles. The number of hydrogen-bond acceptors (Lipinski definition) is 7. The quantitative estimate of drug-likeness (QED) is 0.528. The Kier molecular flexibility index (Phi) is 4.22. The van der Waals surface area contributed by atoms with E-state index in [-0.39, 0.29) is 0 Å². The molecule has 3 heterocycles. The molecule has 6 nitrogen and oxygen atoms in total. The molecule has 0 spiro atoms. The van der Waals surface area contributed by atoms with Crippen molar-refractivity contribution in [1.29, 1.82) is 0 Å². The van der Waals surface area contributed by atoms with Gasteiger partial charge in [0, 0.05) is 28.6 Å². The van der Waals surface area contributed by atoms with Crippen molar-refractivity contribution in [3.8, 4) is 28.5 Å². The molecule has 4 rings (SSSR count). The minimum atomic E-state index is 0.537. The molecule has 0 atom stereocenters. The normalized spacial score (nSPS) is 10.9. The Morgan fingerprint density at radius 2 is 1.69 bits per heavy atom. The van der Waals surface area contributed by atoms with Gasteiger partial charge in [0.2, 0.25) is 5.88 Å². The number of fused-ring (bicyclic) bond motifs is 1. The lowest BCUT2D eigenvalue weighted by Gasteiger charge is -2.14.